The van der Waals surface area contributed by atoms with Crippen LogP contribution in [0.1, 0.15) is 31.7 Å². The Kier molecular flexibility index (Phi) is 13.3. The monoisotopic (exact) mass is 601 g/mol. The summed E-state index contributed by atoms with van der Waals surface area (Å²) in [6.45, 7) is 6.02. The average Bonchev–Trinajstić information content (AvgIpc) is 3.06. The zero-order chi connectivity index (χ0) is 31.9. The van der Waals surface area contributed by atoms with Crippen LogP contribution in [0.3, 0.4) is 0 Å². The van der Waals surface area contributed by atoms with Crippen molar-refractivity contribution in [2.24, 2.45) is 5.73 Å². The number of hydrogen-bond acceptors (Lipinski definition) is 9. The molecular weight excluding hydrogens is 558 g/mol. The maximum Gasteiger partial charge on any atom is 0.204 e. The summed E-state index contributed by atoms with van der Waals surface area (Å²) in [4.78, 5) is 24.7. The number of amides is 1. The molecule has 1 fully saturated rings. The van der Waals surface area contributed by atoms with E-state index in [2.05, 4.69) is 69.7 Å². The highest BCUT2D eigenvalue weighted by Crippen LogP contribution is 2.38. The summed E-state index contributed by atoms with van der Waals surface area (Å²) in [5.41, 5.74) is 9.24. The number of nitrogens with one attached hydrogen (secondary N) is 2. The number of primary amides is 1. The van der Waals surface area contributed by atoms with Gasteiger partial charge in [-0.2, -0.15) is 0 Å². The number of carbonyl (C=O) groups is 2. The fraction of sp³-hybridized carbons (Fsp3) is 0.324. The average molecular weight is 602 g/mol. The number of pyridine rings is 1. The highest BCUT2D eigenvalue weighted by atomic mass is 16.5. The van der Waals surface area contributed by atoms with Crippen molar-refractivity contribution >= 4 is 40.7 Å². The fourth-order valence-corrected chi connectivity index (χ4v) is 4.79. The van der Waals surface area contributed by atoms with Crippen molar-refractivity contribution < 1.29 is 23.8 Å². The summed E-state index contributed by atoms with van der Waals surface area (Å²) in [7, 11) is 5.29. The van der Waals surface area contributed by atoms with Gasteiger partial charge in [-0.05, 0) is 74.8 Å². The number of fused-ring (bicyclic) bond motifs is 1. The van der Waals surface area contributed by atoms with Crippen LogP contribution in [0.4, 0.5) is 17.1 Å². The van der Waals surface area contributed by atoms with Crippen molar-refractivity contribution in [1.82, 2.24) is 10.3 Å². The molecule has 5 rings (SSSR count). The van der Waals surface area contributed by atoms with Crippen LogP contribution < -0.4 is 35.5 Å². The van der Waals surface area contributed by atoms with Crippen LogP contribution in [0.15, 0.2) is 66.9 Å². The number of nitrogens with two attached hydrogens (primary N) is 1. The van der Waals surface area contributed by atoms with Crippen molar-refractivity contribution in [3.63, 3.8) is 0 Å². The number of hydrogen-bond donors (Lipinski definition) is 3. The standard InChI is InChI=1S/C30H34N4O3.C3H6O.CH3NO/c1-20-5-6-23(33-22-7-9-24(10-8-22)34-15-12-21(31-2)13-16-34)17-28(20)37-27-11-14-32-26-19-30(36-4)29(35-3)18-25(26)27;1-2-3-4;2-1-3/h5-11,14,17-19,21,31,33H,12-13,15-16H2,1-4H3;3H,2H2,1H3;1H,(H2,2,3). The number of piperidine rings is 1. The number of carbonyl (C=O) groups excluding carboxylic acids is 2. The maximum absolute atomic E-state index is 9.17. The second-order valence-electron chi connectivity index (χ2n) is 10.0. The number of nitrogens with zero attached hydrogens (tertiary/aromatic N) is 2. The van der Waals surface area contributed by atoms with E-state index in [9.17, 15) is 4.79 Å². The first-order valence-corrected chi connectivity index (χ1v) is 14.6. The molecule has 2 heterocycles. The third-order valence-corrected chi connectivity index (χ3v) is 7.21. The molecule has 44 heavy (non-hydrogen) atoms. The number of aldehydes is 1. The van der Waals surface area contributed by atoms with Gasteiger partial charge in [0.1, 0.15) is 17.8 Å². The number of benzene rings is 3. The third-order valence-electron chi connectivity index (χ3n) is 7.21. The molecule has 1 aliphatic heterocycles. The van der Waals surface area contributed by atoms with Gasteiger partial charge in [-0.15, -0.1) is 0 Å². The van der Waals surface area contributed by atoms with Crippen molar-refractivity contribution in [2.45, 2.75) is 39.2 Å². The van der Waals surface area contributed by atoms with Crippen LogP contribution in [0.25, 0.3) is 10.9 Å². The Labute approximate surface area is 259 Å². The summed E-state index contributed by atoms with van der Waals surface area (Å²) in [5, 5.41) is 7.76. The third kappa shape index (κ3) is 9.08. The quantitative estimate of drug-likeness (QED) is 0.198. The minimum Gasteiger partial charge on any atom is -0.493 e. The fourth-order valence-electron chi connectivity index (χ4n) is 4.79. The number of ether oxygens (including phenoxy) is 3. The Balaban J connectivity index is 0.000000688. The molecule has 1 aliphatic rings. The van der Waals surface area contributed by atoms with E-state index >= 15 is 0 Å². The van der Waals surface area contributed by atoms with Gasteiger partial charge in [0, 0.05) is 66.3 Å². The second kappa shape index (κ2) is 17.3. The van der Waals surface area contributed by atoms with Crippen LogP contribution in [0.2, 0.25) is 0 Å². The van der Waals surface area contributed by atoms with Gasteiger partial charge in [-0.3, -0.25) is 9.78 Å². The Hall–Kier alpha value is -4.83. The first-order chi connectivity index (χ1) is 21.4. The van der Waals surface area contributed by atoms with Crippen LogP contribution >= 0.6 is 0 Å². The molecule has 1 amide bonds. The largest absolute Gasteiger partial charge is 0.493 e. The normalized spacial score (nSPS) is 12.6. The summed E-state index contributed by atoms with van der Waals surface area (Å²) in [6, 6.07) is 21.1. The Morgan fingerprint density at radius 1 is 0.909 bits per heavy atom. The van der Waals surface area contributed by atoms with E-state index in [0.717, 1.165) is 53.0 Å². The van der Waals surface area contributed by atoms with E-state index in [0.29, 0.717) is 29.7 Å². The lowest BCUT2D eigenvalue weighted by Crippen LogP contribution is -2.41. The van der Waals surface area contributed by atoms with Gasteiger partial charge in [0.25, 0.3) is 0 Å². The lowest BCUT2D eigenvalue weighted by atomic mass is 10.0. The molecule has 0 atom stereocenters. The zero-order valence-corrected chi connectivity index (χ0v) is 26.1. The van der Waals surface area contributed by atoms with Gasteiger partial charge in [-0.25, -0.2) is 0 Å². The minimum absolute atomic E-state index is 0.250. The molecule has 4 N–H and O–H groups in total. The Bertz CT molecular complexity index is 1490. The minimum atomic E-state index is 0.250. The number of aryl methyl sites for hydroxylation is 1. The van der Waals surface area contributed by atoms with Crippen molar-refractivity contribution in [1.29, 1.82) is 0 Å². The van der Waals surface area contributed by atoms with Gasteiger partial charge in [0.05, 0.1) is 19.7 Å². The summed E-state index contributed by atoms with van der Waals surface area (Å²) < 4.78 is 17.3. The molecule has 4 aromatic rings. The molecule has 1 aromatic heterocycles. The van der Waals surface area contributed by atoms with E-state index in [4.69, 9.17) is 19.0 Å². The van der Waals surface area contributed by atoms with Crippen molar-refractivity contribution in [3.05, 3.63) is 72.4 Å². The topological polar surface area (TPSA) is 128 Å². The van der Waals surface area contributed by atoms with E-state index in [1.54, 1.807) is 20.4 Å². The van der Waals surface area contributed by atoms with Gasteiger partial charge in [0.15, 0.2) is 11.5 Å². The SMILES string of the molecule is CCC=O.CNC1CCN(c2ccc(Nc3ccc(C)c(Oc4ccnc5cc(OC)c(OC)cc45)c3)cc2)CC1.NC=O. The van der Waals surface area contributed by atoms with E-state index in [1.165, 1.54) is 18.5 Å². The summed E-state index contributed by atoms with van der Waals surface area (Å²) in [6.07, 6.45) is 5.86. The molecule has 1 saturated heterocycles. The molecule has 0 spiro atoms. The van der Waals surface area contributed by atoms with Gasteiger partial charge >= 0.3 is 0 Å². The molecular formula is C34H43N5O5. The smallest absolute Gasteiger partial charge is 0.204 e. The van der Waals surface area contributed by atoms with Gasteiger partial charge < -0.3 is 40.3 Å². The number of aromatic nitrogens is 1. The molecule has 10 heteroatoms. The van der Waals surface area contributed by atoms with Crippen LogP contribution in [-0.4, -0.2) is 58.1 Å². The first kappa shape index (κ1) is 33.7. The Morgan fingerprint density at radius 3 is 2.11 bits per heavy atom. The first-order valence-electron chi connectivity index (χ1n) is 14.6. The molecule has 0 aliphatic carbocycles. The van der Waals surface area contributed by atoms with E-state index in [-0.39, 0.29) is 6.41 Å². The molecule has 234 valence electrons. The lowest BCUT2D eigenvalue weighted by molar-refractivity contribution is -0.108. The molecule has 10 nitrogen and oxygen atoms in total. The maximum atomic E-state index is 9.17. The molecule has 0 unspecified atom stereocenters. The van der Waals surface area contributed by atoms with Crippen molar-refractivity contribution in [3.8, 4) is 23.0 Å². The predicted molar refractivity (Wildman–Crippen MR) is 177 cm³/mol. The Morgan fingerprint density at radius 2 is 1.52 bits per heavy atom. The van der Waals surface area contributed by atoms with Crippen LogP contribution in [0.5, 0.6) is 23.0 Å². The second-order valence-corrected chi connectivity index (χ2v) is 10.0. The van der Waals surface area contributed by atoms with Gasteiger partial charge in [0.2, 0.25) is 6.41 Å². The highest BCUT2D eigenvalue weighted by molar-refractivity contribution is 5.88. The zero-order valence-electron chi connectivity index (χ0n) is 26.1. The molecule has 0 radical (unpaired) electrons. The lowest BCUT2D eigenvalue weighted by Gasteiger charge is -2.33. The van der Waals surface area contributed by atoms with E-state index in [1.807, 2.05) is 38.1 Å². The molecule has 0 bridgehead atoms. The van der Waals surface area contributed by atoms with E-state index < -0.39 is 0 Å². The predicted octanol–water partition coefficient (Wildman–Crippen LogP) is 5.98. The van der Waals surface area contributed by atoms with Crippen molar-refractivity contribution in [2.75, 3.05) is 44.6 Å². The summed E-state index contributed by atoms with van der Waals surface area (Å²) in [5.74, 6) is 2.75. The molecule has 0 saturated carbocycles. The van der Waals surface area contributed by atoms with Crippen LogP contribution in [-0.2, 0) is 9.59 Å². The van der Waals surface area contributed by atoms with Gasteiger partial charge in [-0.1, -0.05) is 13.0 Å². The highest BCUT2D eigenvalue weighted by Gasteiger charge is 2.18. The summed E-state index contributed by atoms with van der Waals surface area (Å²) >= 11 is 0. The van der Waals surface area contributed by atoms with Crippen LogP contribution in [0, 0.1) is 6.92 Å². The molecule has 3 aromatic carbocycles. The number of methoxy groups -OCH3 is 2. The number of anilines is 3. The number of rotatable bonds is 9.